The number of carbonyl (C=O) groups excluding carboxylic acids is 2. The quantitative estimate of drug-likeness (QED) is 0.357. The van der Waals surface area contributed by atoms with Crippen LogP contribution in [0.25, 0.3) is 0 Å². The number of sulfonamides is 1. The van der Waals surface area contributed by atoms with Crippen molar-refractivity contribution < 1.29 is 18.0 Å². The number of hydrogen-bond acceptors (Lipinski definition) is 4. The van der Waals surface area contributed by atoms with Gasteiger partial charge in [0.2, 0.25) is 11.8 Å². The van der Waals surface area contributed by atoms with Gasteiger partial charge in [-0.25, -0.2) is 8.42 Å². The number of benzene rings is 3. The van der Waals surface area contributed by atoms with E-state index in [-0.39, 0.29) is 17.3 Å². The Morgan fingerprint density at radius 2 is 1.63 bits per heavy atom. The number of amides is 2. The number of aryl methyl sites for hydroxylation is 2. The van der Waals surface area contributed by atoms with Crippen LogP contribution in [0, 0.1) is 13.8 Å². The van der Waals surface area contributed by atoms with E-state index in [4.69, 9.17) is 11.6 Å². The van der Waals surface area contributed by atoms with Gasteiger partial charge >= 0.3 is 0 Å². The molecule has 0 aliphatic rings. The molecule has 9 heteroatoms. The summed E-state index contributed by atoms with van der Waals surface area (Å²) < 4.78 is 28.9. The third-order valence-electron chi connectivity index (χ3n) is 6.26. The average Bonchev–Trinajstić information content (AvgIpc) is 2.91. The van der Waals surface area contributed by atoms with Gasteiger partial charge in [0.1, 0.15) is 12.6 Å². The Bertz CT molecular complexity index is 1380. The molecule has 3 aromatic carbocycles. The molecular weight excluding hydrogens is 522 g/mol. The zero-order chi connectivity index (χ0) is 27.9. The largest absolute Gasteiger partial charge is 0.354 e. The predicted molar refractivity (Wildman–Crippen MR) is 152 cm³/mol. The van der Waals surface area contributed by atoms with Crippen LogP contribution in [0.3, 0.4) is 0 Å². The minimum Gasteiger partial charge on any atom is -0.354 e. The third-order valence-corrected chi connectivity index (χ3v) is 8.40. The van der Waals surface area contributed by atoms with Crippen molar-refractivity contribution in [3.8, 4) is 0 Å². The van der Waals surface area contributed by atoms with E-state index < -0.39 is 28.5 Å². The van der Waals surface area contributed by atoms with Gasteiger partial charge in [-0.1, -0.05) is 67.1 Å². The first-order valence-corrected chi connectivity index (χ1v) is 14.3. The highest BCUT2D eigenvalue weighted by Crippen LogP contribution is 2.28. The predicted octanol–water partition coefficient (Wildman–Crippen LogP) is 5.10. The van der Waals surface area contributed by atoms with E-state index in [0.717, 1.165) is 16.3 Å². The molecule has 7 nitrogen and oxygen atoms in total. The van der Waals surface area contributed by atoms with Crippen molar-refractivity contribution in [3.05, 3.63) is 94.5 Å². The topological polar surface area (TPSA) is 86.8 Å². The van der Waals surface area contributed by atoms with E-state index in [1.165, 1.54) is 17.0 Å². The number of halogens is 1. The van der Waals surface area contributed by atoms with Crippen molar-refractivity contribution in [3.63, 3.8) is 0 Å². The van der Waals surface area contributed by atoms with Crippen LogP contribution >= 0.6 is 11.6 Å². The molecule has 0 unspecified atom stereocenters. The maximum absolute atomic E-state index is 13.9. The Kier molecular flexibility index (Phi) is 9.94. The lowest BCUT2D eigenvalue weighted by molar-refractivity contribution is -0.139. The number of hydrogen-bond donors (Lipinski definition) is 1. The normalized spacial score (nSPS) is 12.0. The van der Waals surface area contributed by atoms with Crippen molar-refractivity contribution in [1.82, 2.24) is 10.2 Å². The van der Waals surface area contributed by atoms with Crippen molar-refractivity contribution >= 4 is 39.1 Å². The SMILES string of the molecule is CCCNC(=O)[C@H](C)N(Cc1ccccc1Cl)C(=O)CN(c1cc(C)ccc1C)S(=O)(=O)c1ccccc1. The van der Waals surface area contributed by atoms with Gasteiger partial charge in [0, 0.05) is 18.1 Å². The Morgan fingerprint density at radius 1 is 0.974 bits per heavy atom. The number of nitrogens with one attached hydrogen (secondary N) is 1. The van der Waals surface area contributed by atoms with E-state index in [2.05, 4.69) is 5.32 Å². The monoisotopic (exact) mass is 555 g/mol. The number of nitrogens with zero attached hydrogens (tertiary/aromatic N) is 2. The second-order valence-corrected chi connectivity index (χ2v) is 11.5. The van der Waals surface area contributed by atoms with Crippen LogP contribution in [0.2, 0.25) is 5.02 Å². The van der Waals surface area contributed by atoms with Crippen molar-refractivity contribution in [2.24, 2.45) is 0 Å². The molecule has 202 valence electrons. The van der Waals surface area contributed by atoms with Crippen LogP contribution < -0.4 is 9.62 Å². The van der Waals surface area contributed by atoms with E-state index in [1.54, 1.807) is 62.4 Å². The third kappa shape index (κ3) is 6.94. The molecule has 0 bridgehead atoms. The first-order chi connectivity index (χ1) is 18.1. The lowest BCUT2D eigenvalue weighted by Gasteiger charge is -2.32. The van der Waals surface area contributed by atoms with Gasteiger partial charge < -0.3 is 10.2 Å². The molecule has 0 heterocycles. The minimum atomic E-state index is -4.10. The van der Waals surface area contributed by atoms with Crippen LogP contribution in [-0.4, -0.2) is 44.3 Å². The van der Waals surface area contributed by atoms with Crippen LogP contribution in [0.4, 0.5) is 5.69 Å². The lowest BCUT2D eigenvalue weighted by Crippen LogP contribution is -2.51. The highest BCUT2D eigenvalue weighted by Gasteiger charge is 2.33. The Morgan fingerprint density at radius 3 is 2.29 bits per heavy atom. The molecule has 0 radical (unpaired) electrons. The highest BCUT2D eigenvalue weighted by atomic mass is 35.5. The van der Waals surface area contributed by atoms with Crippen LogP contribution in [0.15, 0.2) is 77.7 Å². The number of rotatable bonds is 11. The summed E-state index contributed by atoms with van der Waals surface area (Å²) in [5.41, 5.74) is 2.62. The zero-order valence-electron chi connectivity index (χ0n) is 22.1. The first-order valence-electron chi connectivity index (χ1n) is 12.5. The zero-order valence-corrected chi connectivity index (χ0v) is 23.7. The summed E-state index contributed by atoms with van der Waals surface area (Å²) in [6.45, 7) is 7.26. The number of carbonyl (C=O) groups is 2. The standard InChI is InChI=1S/C29H34ClN3O4S/c1-5-17-31-29(35)23(4)32(19-24-11-9-10-14-26(24)30)28(34)20-33(27-18-21(2)15-16-22(27)3)38(36,37)25-12-7-6-8-13-25/h6-16,18,23H,5,17,19-20H2,1-4H3,(H,31,35)/t23-/m0/s1. The first kappa shape index (κ1) is 29.2. The Labute approximate surface area is 230 Å². The summed E-state index contributed by atoms with van der Waals surface area (Å²) in [6, 6.07) is 19.7. The van der Waals surface area contributed by atoms with Gasteiger partial charge in [0.15, 0.2) is 0 Å². The highest BCUT2D eigenvalue weighted by molar-refractivity contribution is 7.92. The maximum Gasteiger partial charge on any atom is 0.264 e. The van der Waals surface area contributed by atoms with E-state index in [1.807, 2.05) is 26.0 Å². The summed E-state index contributed by atoms with van der Waals surface area (Å²) in [7, 11) is -4.10. The van der Waals surface area contributed by atoms with E-state index in [0.29, 0.717) is 28.4 Å². The lowest BCUT2D eigenvalue weighted by atomic mass is 10.1. The van der Waals surface area contributed by atoms with E-state index >= 15 is 0 Å². The average molecular weight is 556 g/mol. The molecular formula is C29H34ClN3O4S. The summed E-state index contributed by atoms with van der Waals surface area (Å²) in [5, 5.41) is 3.28. The summed E-state index contributed by atoms with van der Waals surface area (Å²) in [6.07, 6.45) is 0.743. The minimum absolute atomic E-state index is 0.0469. The van der Waals surface area contributed by atoms with Gasteiger partial charge in [0.25, 0.3) is 10.0 Å². The van der Waals surface area contributed by atoms with Crippen LogP contribution in [0.1, 0.15) is 37.0 Å². The molecule has 3 aromatic rings. The van der Waals surface area contributed by atoms with Crippen LogP contribution in [-0.2, 0) is 26.2 Å². The fourth-order valence-corrected chi connectivity index (χ4v) is 5.70. The summed E-state index contributed by atoms with van der Waals surface area (Å²) >= 11 is 6.39. The van der Waals surface area contributed by atoms with Crippen molar-refractivity contribution in [1.29, 1.82) is 0 Å². The van der Waals surface area contributed by atoms with Gasteiger partial charge in [-0.15, -0.1) is 0 Å². The van der Waals surface area contributed by atoms with Crippen LogP contribution in [0.5, 0.6) is 0 Å². The fourth-order valence-electron chi connectivity index (χ4n) is 4.01. The maximum atomic E-state index is 13.9. The molecule has 3 rings (SSSR count). The van der Waals surface area contributed by atoms with Gasteiger partial charge in [-0.2, -0.15) is 0 Å². The molecule has 2 amide bonds. The molecule has 38 heavy (non-hydrogen) atoms. The molecule has 0 aromatic heterocycles. The van der Waals surface area contributed by atoms with Gasteiger partial charge in [0.05, 0.1) is 10.6 Å². The molecule has 0 spiro atoms. The molecule has 0 fully saturated rings. The summed E-state index contributed by atoms with van der Waals surface area (Å²) in [4.78, 5) is 28.3. The molecule has 1 N–H and O–H groups in total. The molecule has 0 aliphatic heterocycles. The van der Waals surface area contributed by atoms with Crippen molar-refractivity contribution in [2.45, 2.75) is 51.6 Å². The Hall–Kier alpha value is -3.36. The molecule has 1 atom stereocenters. The second kappa shape index (κ2) is 12.9. The van der Waals surface area contributed by atoms with Gasteiger partial charge in [-0.3, -0.25) is 13.9 Å². The summed E-state index contributed by atoms with van der Waals surface area (Å²) in [5.74, 6) is -0.846. The van der Waals surface area contributed by atoms with E-state index in [9.17, 15) is 18.0 Å². The smallest absolute Gasteiger partial charge is 0.264 e. The van der Waals surface area contributed by atoms with Crippen molar-refractivity contribution in [2.75, 3.05) is 17.4 Å². The van der Waals surface area contributed by atoms with Gasteiger partial charge in [-0.05, 0) is 68.1 Å². The molecule has 0 aliphatic carbocycles. The second-order valence-electron chi connectivity index (χ2n) is 9.19. The fraction of sp³-hybridized carbons (Fsp3) is 0.310. The Balaban J connectivity index is 2.06. The molecule has 0 saturated heterocycles. The molecule has 0 saturated carbocycles. The number of anilines is 1.